The first-order chi connectivity index (χ1) is 31.0. The lowest BCUT2D eigenvalue weighted by Gasteiger charge is -2.19. The third-order valence-corrected chi connectivity index (χ3v) is 12.9. The van der Waals surface area contributed by atoms with Crippen LogP contribution in [0.1, 0.15) is 46.7 Å². The summed E-state index contributed by atoms with van der Waals surface area (Å²) >= 11 is 0. The molecule has 6 heteroatoms. The molecule has 6 nitrogen and oxygen atoms in total. The van der Waals surface area contributed by atoms with E-state index in [1.807, 2.05) is 60.7 Å². The van der Waals surface area contributed by atoms with Crippen LogP contribution in [0.25, 0.3) is 61.3 Å². The molecular formula is C57H46N6. The standard InChI is InChI=1S/C43H33N3.C14H13N3/c1-44-38-14-6-2-10-32(38)36-24-20-29(26-43(36)44)28-18-21-30(22-19-28)45-41-17-9-5-13-35(41)37-27-31(23-25-42(37)45)46-39-15-7-3-11-33(39)34-12-4-8-16-40(34)46;15-13(11-7-3-1-4-8-11)17-14(16)12-9-5-2-6-10-12/h2-3,5-9,11,13-27,32H,4,10,12H2,1H3;1-10H,(H3,15,16,17). The number of para-hydroxylation sites is 2. The van der Waals surface area contributed by atoms with Crippen LogP contribution >= 0.6 is 0 Å². The second kappa shape index (κ2) is 15.8. The van der Waals surface area contributed by atoms with E-state index < -0.39 is 0 Å². The zero-order valence-corrected chi connectivity index (χ0v) is 35.1. The molecule has 9 aromatic rings. The molecule has 1 atom stereocenters. The fourth-order valence-corrected chi connectivity index (χ4v) is 9.80. The number of anilines is 1. The van der Waals surface area contributed by atoms with Crippen molar-refractivity contribution in [2.24, 2.45) is 10.7 Å². The summed E-state index contributed by atoms with van der Waals surface area (Å²) in [5, 5.41) is 11.8. The SMILES string of the molecule is CN1C2=CC=CCC2c2ccc(-c3ccc(-n4c5ccccc5c5cc(-n6c7c(c8ccccc86)CCC=C7)ccc54)cc3)cc21.N=C(N=C(N)c1ccccc1)c1ccccc1. The highest BCUT2D eigenvalue weighted by molar-refractivity contribution is 6.11. The van der Waals surface area contributed by atoms with E-state index >= 15 is 0 Å². The van der Waals surface area contributed by atoms with Crippen molar-refractivity contribution in [3.8, 4) is 22.5 Å². The zero-order valence-electron chi connectivity index (χ0n) is 35.1. The molecule has 0 amide bonds. The minimum atomic E-state index is 0.173. The Morgan fingerprint density at radius 2 is 1.27 bits per heavy atom. The van der Waals surface area contributed by atoms with Gasteiger partial charge in [0.1, 0.15) is 5.84 Å². The van der Waals surface area contributed by atoms with E-state index in [1.165, 1.54) is 83.4 Å². The van der Waals surface area contributed by atoms with Crippen LogP contribution < -0.4 is 10.6 Å². The molecule has 1 unspecified atom stereocenters. The number of nitrogens with two attached hydrogens (primary N) is 1. The molecule has 0 radical (unpaired) electrons. The molecular weight excluding hydrogens is 769 g/mol. The van der Waals surface area contributed by atoms with E-state index in [2.05, 4.69) is 166 Å². The number of aromatic nitrogens is 2. The van der Waals surface area contributed by atoms with Gasteiger partial charge in [0, 0.05) is 68.7 Å². The first-order valence-electron chi connectivity index (χ1n) is 21.7. The molecule has 63 heavy (non-hydrogen) atoms. The normalized spacial score (nSPS) is 15.2. The van der Waals surface area contributed by atoms with Crippen molar-refractivity contribution in [1.29, 1.82) is 5.41 Å². The predicted octanol–water partition coefficient (Wildman–Crippen LogP) is 13.1. The molecule has 2 aromatic heterocycles. The number of benzene rings is 7. The maximum atomic E-state index is 7.84. The Hall–Kier alpha value is -7.96. The van der Waals surface area contributed by atoms with E-state index in [0.717, 1.165) is 30.4 Å². The predicted molar refractivity (Wildman–Crippen MR) is 264 cm³/mol. The van der Waals surface area contributed by atoms with Crippen LogP contribution in [0.3, 0.4) is 0 Å². The van der Waals surface area contributed by atoms with Gasteiger partial charge in [0.2, 0.25) is 0 Å². The highest BCUT2D eigenvalue weighted by Crippen LogP contribution is 2.47. The summed E-state index contributed by atoms with van der Waals surface area (Å²) in [5.41, 5.74) is 23.0. The van der Waals surface area contributed by atoms with Gasteiger partial charge in [-0.3, -0.25) is 5.41 Å². The Labute approximate surface area is 367 Å². The van der Waals surface area contributed by atoms with Gasteiger partial charge in [0.25, 0.3) is 0 Å². The van der Waals surface area contributed by atoms with Crippen molar-refractivity contribution in [2.75, 3.05) is 11.9 Å². The molecule has 12 rings (SSSR count). The number of likely N-dealkylation sites (N-methyl/N-ethyl adjacent to an activating group) is 1. The average Bonchev–Trinajstić information content (AvgIpc) is 3.97. The maximum absolute atomic E-state index is 7.84. The molecule has 304 valence electrons. The second-order valence-corrected chi connectivity index (χ2v) is 16.5. The van der Waals surface area contributed by atoms with E-state index in [-0.39, 0.29) is 5.84 Å². The van der Waals surface area contributed by atoms with Gasteiger partial charge >= 0.3 is 0 Å². The van der Waals surface area contributed by atoms with E-state index in [1.54, 1.807) is 0 Å². The lowest BCUT2D eigenvalue weighted by molar-refractivity contribution is 0.812. The smallest absolute Gasteiger partial charge is 0.154 e. The number of fused-ring (bicyclic) bond motifs is 9. The molecule has 0 spiro atoms. The quantitative estimate of drug-likeness (QED) is 0.134. The molecule has 3 heterocycles. The topological polar surface area (TPSA) is 75.3 Å². The second-order valence-electron chi connectivity index (χ2n) is 16.5. The van der Waals surface area contributed by atoms with Crippen molar-refractivity contribution in [3.63, 3.8) is 0 Å². The number of aliphatic imine (C=N–C) groups is 1. The Kier molecular flexibility index (Phi) is 9.54. The van der Waals surface area contributed by atoms with Crippen LogP contribution in [0.5, 0.6) is 0 Å². The summed E-state index contributed by atoms with van der Waals surface area (Å²) in [7, 11) is 2.20. The number of aryl methyl sites for hydroxylation is 1. The molecule has 1 aliphatic heterocycles. The van der Waals surface area contributed by atoms with Gasteiger partial charge in [-0.05, 0) is 102 Å². The summed E-state index contributed by atoms with van der Waals surface area (Å²) in [5.74, 6) is 1.02. The first kappa shape index (κ1) is 38.0. The van der Waals surface area contributed by atoms with Crippen molar-refractivity contribution in [2.45, 2.75) is 25.2 Å². The fourth-order valence-electron chi connectivity index (χ4n) is 9.80. The monoisotopic (exact) mass is 814 g/mol. The Bertz CT molecular complexity index is 3340. The number of rotatable bonds is 5. The lowest BCUT2D eigenvalue weighted by Crippen LogP contribution is -2.15. The third kappa shape index (κ3) is 6.68. The minimum Gasteiger partial charge on any atom is -0.383 e. The summed E-state index contributed by atoms with van der Waals surface area (Å²) in [4.78, 5) is 6.47. The Balaban J connectivity index is 0.000000221. The molecule has 3 N–H and O–H groups in total. The van der Waals surface area contributed by atoms with Crippen LogP contribution in [0.4, 0.5) is 5.69 Å². The number of nitrogens with zero attached hydrogens (tertiary/aromatic N) is 4. The summed E-state index contributed by atoms with van der Waals surface area (Å²) in [6, 6.07) is 59.6. The highest BCUT2D eigenvalue weighted by atomic mass is 15.1. The van der Waals surface area contributed by atoms with Gasteiger partial charge in [-0.15, -0.1) is 0 Å². The number of hydrogen-bond acceptors (Lipinski definition) is 2. The Morgan fingerprint density at radius 3 is 2.05 bits per heavy atom. The molecule has 0 saturated heterocycles. The van der Waals surface area contributed by atoms with Crippen LogP contribution in [0.15, 0.2) is 205 Å². The minimum absolute atomic E-state index is 0.173. The van der Waals surface area contributed by atoms with Crippen LogP contribution in [0.2, 0.25) is 0 Å². The summed E-state index contributed by atoms with van der Waals surface area (Å²) in [6.45, 7) is 0. The Morgan fingerprint density at radius 1 is 0.619 bits per heavy atom. The van der Waals surface area contributed by atoms with Gasteiger partial charge in [-0.2, -0.15) is 0 Å². The largest absolute Gasteiger partial charge is 0.383 e. The lowest BCUT2D eigenvalue weighted by atomic mass is 9.91. The molecule has 2 aliphatic carbocycles. The van der Waals surface area contributed by atoms with E-state index in [9.17, 15) is 0 Å². The van der Waals surface area contributed by atoms with Crippen molar-refractivity contribution >= 4 is 56.1 Å². The molecule has 0 fully saturated rings. The number of allylic oxidation sites excluding steroid dienone is 5. The van der Waals surface area contributed by atoms with Gasteiger partial charge in [-0.25, -0.2) is 4.99 Å². The average molecular weight is 815 g/mol. The maximum Gasteiger partial charge on any atom is 0.154 e. The molecule has 7 aromatic carbocycles. The summed E-state index contributed by atoms with van der Waals surface area (Å²) < 4.78 is 4.87. The number of nitrogens with one attached hydrogen (secondary N) is 1. The van der Waals surface area contributed by atoms with Gasteiger partial charge in [0.15, 0.2) is 5.84 Å². The molecule has 0 saturated carbocycles. The van der Waals surface area contributed by atoms with Gasteiger partial charge in [0.05, 0.1) is 16.6 Å². The van der Waals surface area contributed by atoms with Crippen LogP contribution in [-0.2, 0) is 6.42 Å². The highest BCUT2D eigenvalue weighted by Gasteiger charge is 2.32. The molecule has 3 aliphatic rings. The van der Waals surface area contributed by atoms with Crippen molar-refractivity contribution < 1.29 is 0 Å². The number of hydrogen-bond donors (Lipinski definition) is 2. The fraction of sp³-hybridized carbons (Fsp3) is 0.0877. The van der Waals surface area contributed by atoms with Gasteiger partial charge in [-0.1, -0.05) is 140 Å². The van der Waals surface area contributed by atoms with Crippen molar-refractivity contribution in [1.82, 2.24) is 9.13 Å². The van der Waals surface area contributed by atoms with Gasteiger partial charge < -0.3 is 19.8 Å². The number of amidine groups is 2. The van der Waals surface area contributed by atoms with E-state index in [4.69, 9.17) is 11.1 Å². The zero-order chi connectivity index (χ0) is 42.4. The van der Waals surface area contributed by atoms with E-state index in [0.29, 0.717) is 11.8 Å². The summed E-state index contributed by atoms with van der Waals surface area (Å²) in [6.07, 6.45) is 14.6. The third-order valence-electron chi connectivity index (χ3n) is 12.9. The first-order valence-corrected chi connectivity index (χ1v) is 21.7. The van der Waals surface area contributed by atoms with Crippen molar-refractivity contribution in [3.05, 3.63) is 228 Å². The van der Waals surface area contributed by atoms with Crippen LogP contribution in [0, 0.1) is 5.41 Å². The molecule has 0 bridgehead atoms. The van der Waals surface area contributed by atoms with Crippen LogP contribution in [-0.4, -0.2) is 27.9 Å².